The number of H-pyrrole nitrogens is 1. The zero-order chi connectivity index (χ0) is 12.4. The predicted molar refractivity (Wildman–Crippen MR) is 73.7 cm³/mol. The van der Waals surface area contributed by atoms with Crippen molar-refractivity contribution < 1.29 is 0 Å². The Kier molecular flexibility index (Phi) is 3.17. The average molecular weight is 244 g/mol. The van der Waals surface area contributed by atoms with Crippen molar-refractivity contribution in [1.82, 2.24) is 15.2 Å². The fraction of sp³-hybridized carbons (Fsp3) is 0.571. The summed E-state index contributed by atoms with van der Waals surface area (Å²) in [6.07, 6.45) is 6.88. The maximum Gasteiger partial charge on any atom is 0.157 e. The molecule has 0 unspecified atom stereocenters. The van der Waals surface area contributed by atoms with Gasteiger partial charge in [-0.05, 0) is 37.8 Å². The standard InChI is InChI=1S/C14H20N4/c1-10-7-8-12-13(17-18-14(12)16-10)15-9-11-5-3-2-4-6-11/h7-8,11H,2-6,9H2,1H3,(H2,15,16,17,18). The number of anilines is 1. The van der Waals surface area contributed by atoms with Crippen molar-refractivity contribution in [3.05, 3.63) is 17.8 Å². The molecule has 0 amide bonds. The summed E-state index contributed by atoms with van der Waals surface area (Å²) in [6, 6.07) is 4.12. The van der Waals surface area contributed by atoms with Crippen LogP contribution in [-0.2, 0) is 0 Å². The monoisotopic (exact) mass is 244 g/mol. The van der Waals surface area contributed by atoms with Gasteiger partial charge >= 0.3 is 0 Å². The van der Waals surface area contributed by atoms with Crippen LogP contribution in [-0.4, -0.2) is 21.7 Å². The highest BCUT2D eigenvalue weighted by Crippen LogP contribution is 2.25. The van der Waals surface area contributed by atoms with Crippen molar-refractivity contribution in [3.8, 4) is 0 Å². The fourth-order valence-corrected chi connectivity index (χ4v) is 2.77. The lowest BCUT2D eigenvalue weighted by Gasteiger charge is -2.21. The van der Waals surface area contributed by atoms with Crippen LogP contribution in [0.25, 0.3) is 11.0 Å². The van der Waals surface area contributed by atoms with E-state index < -0.39 is 0 Å². The van der Waals surface area contributed by atoms with Crippen molar-refractivity contribution in [2.45, 2.75) is 39.0 Å². The number of aryl methyl sites for hydroxylation is 1. The van der Waals surface area contributed by atoms with Gasteiger partial charge in [-0.2, -0.15) is 5.10 Å². The largest absolute Gasteiger partial charge is 0.368 e. The fourth-order valence-electron chi connectivity index (χ4n) is 2.77. The first-order chi connectivity index (χ1) is 8.83. The van der Waals surface area contributed by atoms with Crippen LogP contribution in [0, 0.1) is 12.8 Å². The molecule has 2 aromatic rings. The van der Waals surface area contributed by atoms with E-state index in [1.807, 2.05) is 13.0 Å². The lowest BCUT2D eigenvalue weighted by molar-refractivity contribution is 0.373. The highest BCUT2D eigenvalue weighted by molar-refractivity contribution is 5.86. The van der Waals surface area contributed by atoms with Gasteiger partial charge in [0.15, 0.2) is 11.5 Å². The number of nitrogens with one attached hydrogen (secondary N) is 2. The summed E-state index contributed by atoms with van der Waals surface area (Å²) >= 11 is 0. The molecular formula is C14H20N4. The van der Waals surface area contributed by atoms with Gasteiger partial charge in [-0.1, -0.05) is 19.3 Å². The third-order valence-corrected chi connectivity index (χ3v) is 3.85. The molecule has 1 saturated carbocycles. The molecule has 1 aliphatic carbocycles. The lowest BCUT2D eigenvalue weighted by Crippen LogP contribution is -2.17. The van der Waals surface area contributed by atoms with Gasteiger partial charge in [0.25, 0.3) is 0 Å². The van der Waals surface area contributed by atoms with E-state index in [4.69, 9.17) is 0 Å². The van der Waals surface area contributed by atoms with E-state index in [-0.39, 0.29) is 0 Å². The van der Waals surface area contributed by atoms with Crippen LogP contribution in [0.5, 0.6) is 0 Å². The van der Waals surface area contributed by atoms with Crippen molar-refractivity contribution in [1.29, 1.82) is 0 Å². The van der Waals surface area contributed by atoms with Crippen LogP contribution in [0.3, 0.4) is 0 Å². The van der Waals surface area contributed by atoms with Gasteiger partial charge < -0.3 is 5.32 Å². The van der Waals surface area contributed by atoms with Crippen molar-refractivity contribution in [2.24, 2.45) is 5.92 Å². The topological polar surface area (TPSA) is 53.6 Å². The van der Waals surface area contributed by atoms with Gasteiger partial charge in [-0.3, -0.25) is 5.10 Å². The molecule has 2 N–H and O–H groups in total. The summed E-state index contributed by atoms with van der Waals surface area (Å²) in [6.45, 7) is 3.03. The molecule has 0 radical (unpaired) electrons. The van der Waals surface area contributed by atoms with Crippen molar-refractivity contribution in [2.75, 3.05) is 11.9 Å². The molecule has 96 valence electrons. The third-order valence-electron chi connectivity index (χ3n) is 3.85. The van der Waals surface area contributed by atoms with Gasteiger partial charge in [0.05, 0.1) is 5.39 Å². The smallest absolute Gasteiger partial charge is 0.157 e. The van der Waals surface area contributed by atoms with Gasteiger partial charge in [-0.15, -0.1) is 0 Å². The summed E-state index contributed by atoms with van der Waals surface area (Å²) in [4.78, 5) is 4.43. The average Bonchev–Trinajstić information content (AvgIpc) is 2.80. The third kappa shape index (κ3) is 2.33. The number of aromatic nitrogens is 3. The second kappa shape index (κ2) is 4.96. The van der Waals surface area contributed by atoms with Crippen molar-refractivity contribution >= 4 is 16.9 Å². The lowest BCUT2D eigenvalue weighted by atomic mass is 9.89. The molecule has 1 aliphatic rings. The summed E-state index contributed by atoms with van der Waals surface area (Å²) in [5.74, 6) is 1.76. The normalized spacial score (nSPS) is 17.2. The van der Waals surface area contributed by atoms with Crippen LogP contribution in [0.1, 0.15) is 37.8 Å². The zero-order valence-corrected chi connectivity index (χ0v) is 10.9. The van der Waals surface area contributed by atoms with Gasteiger partial charge in [0, 0.05) is 12.2 Å². The molecule has 0 spiro atoms. The minimum absolute atomic E-state index is 0.809. The molecule has 0 atom stereocenters. The Morgan fingerprint density at radius 2 is 2.11 bits per heavy atom. The number of aromatic amines is 1. The number of hydrogen-bond acceptors (Lipinski definition) is 3. The number of pyridine rings is 1. The first-order valence-corrected chi connectivity index (χ1v) is 6.88. The molecule has 1 fully saturated rings. The van der Waals surface area contributed by atoms with E-state index in [0.29, 0.717) is 0 Å². The quantitative estimate of drug-likeness (QED) is 0.871. The van der Waals surface area contributed by atoms with Crippen LogP contribution in [0.15, 0.2) is 12.1 Å². The number of hydrogen-bond donors (Lipinski definition) is 2. The summed E-state index contributed by atoms with van der Waals surface area (Å²) in [7, 11) is 0. The minimum Gasteiger partial charge on any atom is -0.368 e. The summed E-state index contributed by atoms with van der Waals surface area (Å²) in [5, 5.41) is 11.9. The maximum atomic E-state index is 4.43. The van der Waals surface area contributed by atoms with E-state index >= 15 is 0 Å². The van der Waals surface area contributed by atoms with E-state index in [1.54, 1.807) is 0 Å². The molecule has 0 bridgehead atoms. The Bertz CT molecular complexity index is 526. The first kappa shape index (κ1) is 11.5. The number of fused-ring (bicyclic) bond motifs is 1. The summed E-state index contributed by atoms with van der Waals surface area (Å²) in [5.41, 5.74) is 1.89. The Morgan fingerprint density at radius 3 is 2.94 bits per heavy atom. The zero-order valence-electron chi connectivity index (χ0n) is 10.9. The molecule has 18 heavy (non-hydrogen) atoms. The van der Waals surface area contributed by atoms with Gasteiger partial charge in [-0.25, -0.2) is 4.98 Å². The molecular weight excluding hydrogens is 224 g/mol. The van der Waals surface area contributed by atoms with Crippen LogP contribution < -0.4 is 5.32 Å². The van der Waals surface area contributed by atoms with Crippen LogP contribution >= 0.6 is 0 Å². The van der Waals surface area contributed by atoms with Gasteiger partial charge in [0.2, 0.25) is 0 Å². The second-order valence-electron chi connectivity index (χ2n) is 5.31. The SMILES string of the molecule is Cc1ccc2c(NCC3CCCCC3)n[nH]c2n1. The van der Waals surface area contributed by atoms with Crippen LogP contribution in [0.4, 0.5) is 5.82 Å². The van der Waals surface area contributed by atoms with Crippen molar-refractivity contribution in [3.63, 3.8) is 0 Å². The Hall–Kier alpha value is -1.58. The second-order valence-corrected chi connectivity index (χ2v) is 5.31. The van der Waals surface area contributed by atoms with E-state index in [2.05, 4.69) is 26.6 Å². The Balaban J connectivity index is 1.70. The molecule has 0 saturated heterocycles. The molecule has 0 aliphatic heterocycles. The molecule has 3 rings (SSSR count). The molecule has 0 aromatic carbocycles. The highest BCUT2D eigenvalue weighted by atomic mass is 15.2. The van der Waals surface area contributed by atoms with E-state index in [0.717, 1.165) is 35.0 Å². The molecule has 4 heteroatoms. The molecule has 2 heterocycles. The number of nitrogens with zero attached hydrogens (tertiary/aromatic N) is 2. The number of rotatable bonds is 3. The Labute approximate surface area is 107 Å². The minimum atomic E-state index is 0.809. The van der Waals surface area contributed by atoms with E-state index in [9.17, 15) is 0 Å². The highest BCUT2D eigenvalue weighted by Gasteiger charge is 2.14. The first-order valence-electron chi connectivity index (χ1n) is 6.88. The summed E-state index contributed by atoms with van der Waals surface area (Å²) < 4.78 is 0. The molecule has 2 aromatic heterocycles. The van der Waals surface area contributed by atoms with Gasteiger partial charge in [0.1, 0.15) is 0 Å². The predicted octanol–water partition coefficient (Wildman–Crippen LogP) is 3.26. The Morgan fingerprint density at radius 1 is 1.28 bits per heavy atom. The molecule has 4 nitrogen and oxygen atoms in total. The van der Waals surface area contributed by atoms with Crippen LogP contribution in [0.2, 0.25) is 0 Å². The maximum absolute atomic E-state index is 4.43. The van der Waals surface area contributed by atoms with E-state index in [1.165, 1.54) is 32.1 Å².